The molecule has 1 N–H and O–H groups in total. The van der Waals surface area contributed by atoms with Gasteiger partial charge >= 0.3 is 0 Å². The Labute approximate surface area is 147 Å². The highest BCUT2D eigenvalue weighted by molar-refractivity contribution is 5.97. The van der Waals surface area contributed by atoms with E-state index in [0.717, 1.165) is 6.07 Å². The van der Waals surface area contributed by atoms with Crippen LogP contribution in [0.15, 0.2) is 27.9 Å². The van der Waals surface area contributed by atoms with Crippen molar-refractivity contribution in [3.8, 4) is 0 Å². The van der Waals surface area contributed by atoms with Crippen molar-refractivity contribution in [2.24, 2.45) is 5.16 Å². The Balaban J connectivity index is 1.44. The Morgan fingerprint density at radius 3 is 2.85 bits per heavy atom. The molecule has 7 nitrogen and oxygen atoms in total. The number of hydrogen-bond acceptors (Lipinski definition) is 7. The van der Waals surface area contributed by atoms with Crippen LogP contribution in [0.5, 0.6) is 0 Å². The Hall–Kier alpha value is -2.39. The van der Waals surface area contributed by atoms with E-state index in [1.165, 1.54) is 12.1 Å². The lowest BCUT2D eigenvalue weighted by atomic mass is 9.92. The maximum absolute atomic E-state index is 13.9. The summed E-state index contributed by atoms with van der Waals surface area (Å²) in [6.07, 6.45) is 0.530. The summed E-state index contributed by atoms with van der Waals surface area (Å²) >= 11 is 0. The van der Waals surface area contributed by atoms with Crippen LogP contribution in [0.1, 0.15) is 43.0 Å². The summed E-state index contributed by atoms with van der Waals surface area (Å²) in [5, 5.41) is 17.9. The average Bonchev–Trinajstić information content (AvgIpc) is 3.22. The van der Waals surface area contributed by atoms with Gasteiger partial charge in [0, 0.05) is 24.8 Å². The summed E-state index contributed by atoms with van der Waals surface area (Å²) in [4.78, 5) is 9.58. The molecule has 2 aromatic rings. The number of ether oxygens (including phenoxy) is 1. The molecule has 2 atom stereocenters. The Kier molecular flexibility index (Phi) is 4.20. The van der Waals surface area contributed by atoms with Crippen molar-refractivity contribution in [2.45, 2.75) is 37.4 Å². The molecule has 0 saturated carbocycles. The SMILES string of the molecule is CC(c1noc(C2=NOC(CC3(O)COC3)C2)n1)c1ccc(F)cc1F. The van der Waals surface area contributed by atoms with Gasteiger partial charge in [-0.1, -0.05) is 23.3 Å². The lowest BCUT2D eigenvalue weighted by molar-refractivity contribution is -0.193. The summed E-state index contributed by atoms with van der Waals surface area (Å²) in [5.41, 5.74) is -0.123. The number of hydrogen-bond donors (Lipinski definition) is 1. The predicted octanol–water partition coefficient (Wildman–Crippen LogP) is 2.14. The monoisotopic (exact) mass is 365 g/mol. The largest absolute Gasteiger partial charge is 0.392 e. The van der Waals surface area contributed by atoms with Gasteiger partial charge in [-0.3, -0.25) is 0 Å². The van der Waals surface area contributed by atoms with E-state index >= 15 is 0 Å². The molecule has 2 aliphatic rings. The van der Waals surface area contributed by atoms with E-state index in [0.29, 0.717) is 18.6 Å². The second-order valence-corrected chi connectivity index (χ2v) is 6.74. The van der Waals surface area contributed by atoms with Gasteiger partial charge in [-0.05, 0) is 11.6 Å². The highest BCUT2D eigenvalue weighted by Crippen LogP contribution is 2.29. The van der Waals surface area contributed by atoms with Gasteiger partial charge in [0.1, 0.15) is 29.1 Å². The van der Waals surface area contributed by atoms with Crippen LogP contribution in [-0.2, 0) is 9.57 Å². The van der Waals surface area contributed by atoms with Crippen molar-refractivity contribution in [1.82, 2.24) is 10.1 Å². The van der Waals surface area contributed by atoms with E-state index in [2.05, 4.69) is 15.3 Å². The average molecular weight is 365 g/mol. The van der Waals surface area contributed by atoms with Crippen molar-refractivity contribution in [2.75, 3.05) is 13.2 Å². The van der Waals surface area contributed by atoms with E-state index in [9.17, 15) is 13.9 Å². The number of rotatable bonds is 5. The van der Waals surface area contributed by atoms with Gasteiger partial charge in [-0.15, -0.1) is 0 Å². The molecule has 1 fully saturated rings. The number of benzene rings is 1. The predicted molar refractivity (Wildman–Crippen MR) is 84.6 cm³/mol. The second-order valence-electron chi connectivity index (χ2n) is 6.74. The zero-order valence-corrected chi connectivity index (χ0v) is 14.0. The Morgan fingerprint density at radius 1 is 1.35 bits per heavy atom. The van der Waals surface area contributed by atoms with Crippen LogP contribution in [-0.4, -0.2) is 45.9 Å². The Morgan fingerprint density at radius 2 is 2.15 bits per heavy atom. The molecule has 1 aromatic heterocycles. The lowest BCUT2D eigenvalue weighted by Crippen LogP contribution is -2.51. The van der Waals surface area contributed by atoms with Crippen LogP contribution in [0.25, 0.3) is 0 Å². The first-order chi connectivity index (χ1) is 12.4. The lowest BCUT2D eigenvalue weighted by Gasteiger charge is -2.37. The Bertz CT molecular complexity index is 850. The second kappa shape index (κ2) is 6.40. The molecule has 0 amide bonds. The van der Waals surface area contributed by atoms with E-state index in [4.69, 9.17) is 14.1 Å². The van der Waals surface area contributed by atoms with Gasteiger partial charge in [0.25, 0.3) is 5.89 Å². The number of nitrogens with zero attached hydrogens (tertiary/aromatic N) is 3. The number of oxime groups is 1. The third-order valence-electron chi connectivity index (χ3n) is 4.59. The zero-order valence-electron chi connectivity index (χ0n) is 14.0. The van der Waals surface area contributed by atoms with Crippen molar-refractivity contribution in [3.05, 3.63) is 47.1 Å². The zero-order chi connectivity index (χ0) is 18.3. The molecule has 0 spiro atoms. The molecule has 9 heteroatoms. The van der Waals surface area contributed by atoms with Crippen LogP contribution < -0.4 is 0 Å². The quantitative estimate of drug-likeness (QED) is 0.873. The normalized spacial score (nSPS) is 22.5. The number of halogens is 2. The molecule has 2 unspecified atom stereocenters. The maximum atomic E-state index is 13.9. The molecule has 4 rings (SSSR count). The first kappa shape index (κ1) is 17.0. The van der Waals surface area contributed by atoms with Gasteiger partial charge in [-0.2, -0.15) is 4.98 Å². The van der Waals surface area contributed by atoms with Crippen LogP contribution >= 0.6 is 0 Å². The molecule has 0 bridgehead atoms. The van der Waals surface area contributed by atoms with Crippen LogP contribution in [0, 0.1) is 11.6 Å². The summed E-state index contributed by atoms with van der Waals surface area (Å²) < 4.78 is 37.2. The molecular formula is C17H17F2N3O4. The molecule has 138 valence electrons. The third-order valence-corrected chi connectivity index (χ3v) is 4.59. The van der Waals surface area contributed by atoms with Gasteiger partial charge in [0.15, 0.2) is 5.82 Å². The first-order valence-corrected chi connectivity index (χ1v) is 8.25. The van der Waals surface area contributed by atoms with E-state index in [1.54, 1.807) is 6.92 Å². The van der Waals surface area contributed by atoms with Gasteiger partial charge in [-0.25, -0.2) is 8.78 Å². The maximum Gasteiger partial charge on any atom is 0.275 e. The van der Waals surface area contributed by atoms with Crippen molar-refractivity contribution < 1.29 is 28.0 Å². The molecule has 1 saturated heterocycles. The highest BCUT2D eigenvalue weighted by Gasteiger charge is 2.41. The molecule has 2 aliphatic heterocycles. The third kappa shape index (κ3) is 3.19. The minimum atomic E-state index is -0.871. The number of aromatic nitrogens is 2. The standard InChI is InChI=1S/C17H17F2N3O4/c1-9(12-3-2-10(18)4-13(12)19)15-20-16(26-22-15)14-5-11(25-21-14)6-17(23)7-24-8-17/h2-4,9,11,23H,5-8H2,1H3. The molecule has 1 aromatic carbocycles. The van der Waals surface area contributed by atoms with Gasteiger partial charge in [0.05, 0.1) is 13.2 Å². The molecule has 0 radical (unpaired) electrons. The van der Waals surface area contributed by atoms with Crippen molar-refractivity contribution >= 4 is 5.71 Å². The first-order valence-electron chi connectivity index (χ1n) is 8.25. The fourth-order valence-electron chi connectivity index (χ4n) is 3.06. The van der Waals surface area contributed by atoms with Crippen LogP contribution in [0.4, 0.5) is 8.78 Å². The topological polar surface area (TPSA) is 90.0 Å². The van der Waals surface area contributed by atoms with E-state index in [1.807, 2.05) is 0 Å². The summed E-state index contributed by atoms with van der Waals surface area (Å²) in [7, 11) is 0. The summed E-state index contributed by atoms with van der Waals surface area (Å²) in [5.74, 6) is -1.37. The van der Waals surface area contributed by atoms with Gasteiger partial charge < -0.3 is 19.2 Å². The van der Waals surface area contributed by atoms with Crippen LogP contribution in [0.2, 0.25) is 0 Å². The van der Waals surface area contributed by atoms with Gasteiger partial charge in [0.2, 0.25) is 0 Å². The van der Waals surface area contributed by atoms with E-state index in [-0.39, 0.29) is 36.6 Å². The molecular weight excluding hydrogens is 348 g/mol. The molecule has 26 heavy (non-hydrogen) atoms. The van der Waals surface area contributed by atoms with E-state index < -0.39 is 23.2 Å². The van der Waals surface area contributed by atoms with Crippen molar-refractivity contribution in [1.29, 1.82) is 0 Å². The highest BCUT2D eigenvalue weighted by atomic mass is 19.1. The molecule has 3 heterocycles. The fourth-order valence-corrected chi connectivity index (χ4v) is 3.06. The minimum Gasteiger partial charge on any atom is -0.392 e. The fraction of sp³-hybridized carbons (Fsp3) is 0.471. The molecule has 0 aliphatic carbocycles. The van der Waals surface area contributed by atoms with Crippen LogP contribution in [0.3, 0.4) is 0 Å². The van der Waals surface area contributed by atoms with Crippen molar-refractivity contribution in [3.63, 3.8) is 0 Å². The summed E-state index contributed by atoms with van der Waals surface area (Å²) in [6, 6.07) is 3.37. The minimum absolute atomic E-state index is 0.189. The smallest absolute Gasteiger partial charge is 0.275 e. The summed E-state index contributed by atoms with van der Waals surface area (Å²) in [6.45, 7) is 2.27. The number of aliphatic hydroxyl groups is 1.